The van der Waals surface area contributed by atoms with Crippen LogP contribution in [-0.2, 0) is 21.9 Å². The van der Waals surface area contributed by atoms with Gasteiger partial charge in [-0.05, 0) is 49.7 Å². The normalized spacial score (nSPS) is 21.4. The van der Waals surface area contributed by atoms with Crippen LogP contribution in [0.25, 0.3) is 11.1 Å². The van der Waals surface area contributed by atoms with Crippen LogP contribution < -0.4 is 15.8 Å². The summed E-state index contributed by atoms with van der Waals surface area (Å²) in [5, 5.41) is 3.01. The van der Waals surface area contributed by atoms with E-state index >= 15 is 0 Å². The molecule has 0 aliphatic heterocycles. The van der Waals surface area contributed by atoms with Crippen LogP contribution in [0, 0.1) is 11.8 Å². The van der Waals surface area contributed by atoms with Crippen molar-refractivity contribution in [3.8, 4) is 0 Å². The van der Waals surface area contributed by atoms with Gasteiger partial charge < -0.3 is 9.73 Å². The van der Waals surface area contributed by atoms with E-state index in [-0.39, 0.29) is 28.3 Å². The number of sulfonamides is 1. The van der Waals surface area contributed by atoms with Gasteiger partial charge in [0, 0.05) is 19.2 Å². The topological polar surface area (TPSA) is 110 Å². The molecule has 0 radical (unpaired) electrons. The first-order valence-electron chi connectivity index (χ1n) is 10.0. The van der Waals surface area contributed by atoms with Gasteiger partial charge in [-0.3, -0.25) is 9.36 Å². The molecule has 0 spiro atoms. The van der Waals surface area contributed by atoms with Crippen molar-refractivity contribution in [3.05, 3.63) is 28.7 Å². The Kier molecular flexibility index (Phi) is 6.19. The first-order chi connectivity index (χ1) is 13.6. The number of hydrogen-bond acceptors (Lipinski definition) is 5. The van der Waals surface area contributed by atoms with E-state index in [9.17, 15) is 18.0 Å². The van der Waals surface area contributed by atoms with Gasteiger partial charge in [-0.1, -0.05) is 20.8 Å². The van der Waals surface area contributed by atoms with Gasteiger partial charge in [-0.25, -0.2) is 13.2 Å². The molecule has 1 aliphatic carbocycles. The molecule has 1 amide bonds. The molecule has 1 aromatic heterocycles. The van der Waals surface area contributed by atoms with E-state index in [1.54, 1.807) is 20.9 Å². The summed E-state index contributed by atoms with van der Waals surface area (Å²) >= 11 is 0. The number of hydrogen-bond donors (Lipinski definition) is 2. The van der Waals surface area contributed by atoms with Gasteiger partial charge in [-0.2, -0.15) is 4.72 Å². The average Bonchev–Trinajstić information content (AvgIpc) is 2.95. The van der Waals surface area contributed by atoms with Crippen LogP contribution in [0.2, 0.25) is 0 Å². The van der Waals surface area contributed by atoms with Crippen molar-refractivity contribution in [1.82, 2.24) is 14.6 Å². The first-order valence-corrected chi connectivity index (χ1v) is 11.5. The molecule has 0 bridgehead atoms. The number of nitrogens with one attached hydrogen (secondary N) is 2. The smallest absolute Gasteiger partial charge is 0.408 e. The molecule has 1 saturated carbocycles. The summed E-state index contributed by atoms with van der Waals surface area (Å²) in [6, 6.07) is 3.41. The summed E-state index contributed by atoms with van der Waals surface area (Å²) in [5.41, 5.74) is 0.681. The van der Waals surface area contributed by atoms with Crippen molar-refractivity contribution in [3.63, 3.8) is 0 Å². The van der Waals surface area contributed by atoms with E-state index in [1.807, 2.05) is 0 Å². The number of nitrogens with zero attached hydrogens (tertiary/aromatic N) is 1. The number of fused-ring (bicyclic) bond motifs is 1. The third kappa shape index (κ3) is 4.72. The molecule has 0 saturated heterocycles. The van der Waals surface area contributed by atoms with Gasteiger partial charge >= 0.3 is 5.76 Å². The maximum absolute atomic E-state index is 12.9. The Bertz CT molecular complexity index is 1050. The summed E-state index contributed by atoms with van der Waals surface area (Å²) in [6.07, 6.45) is 3.94. The van der Waals surface area contributed by atoms with Gasteiger partial charge in [-0.15, -0.1) is 0 Å². The monoisotopic (exact) mass is 423 g/mol. The fourth-order valence-corrected chi connectivity index (χ4v) is 5.06. The number of amides is 1. The van der Waals surface area contributed by atoms with E-state index in [0.717, 1.165) is 25.7 Å². The van der Waals surface area contributed by atoms with Gasteiger partial charge in [0.2, 0.25) is 15.9 Å². The highest BCUT2D eigenvalue weighted by Gasteiger charge is 2.31. The van der Waals surface area contributed by atoms with E-state index in [4.69, 9.17) is 4.42 Å². The highest BCUT2D eigenvalue weighted by atomic mass is 32.2. The molecule has 2 N–H and O–H groups in total. The minimum atomic E-state index is -3.98. The zero-order valence-electron chi connectivity index (χ0n) is 17.3. The molecule has 29 heavy (non-hydrogen) atoms. The van der Waals surface area contributed by atoms with E-state index < -0.39 is 21.8 Å². The fourth-order valence-electron chi connectivity index (χ4n) is 3.70. The predicted molar refractivity (Wildman–Crippen MR) is 110 cm³/mol. The molecular weight excluding hydrogens is 394 g/mol. The van der Waals surface area contributed by atoms with Crippen molar-refractivity contribution in [2.75, 3.05) is 0 Å². The number of carbonyl (C=O) groups is 1. The van der Waals surface area contributed by atoms with Gasteiger partial charge in [0.1, 0.15) is 6.04 Å². The molecule has 1 aromatic carbocycles. The fraction of sp³-hybridized carbons (Fsp3) is 0.600. The average molecular weight is 424 g/mol. The Morgan fingerprint density at radius 2 is 1.86 bits per heavy atom. The highest BCUT2D eigenvalue weighted by Crippen LogP contribution is 2.24. The molecule has 8 nitrogen and oxygen atoms in total. The third-order valence-electron chi connectivity index (χ3n) is 5.67. The Balaban J connectivity index is 1.78. The van der Waals surface area contributed by atoms with Crippen LogP contribution in [-0.4, -0.2) is 31.0 Å². The van der Waals surface area contributed by atoms with Crippen LogP contribution in [0.1, 0.15) is 46.5 Å². The second-order valence-corrected chi connectivity index (χ2v) is 10.1. The lowest BCUT2D eigenvalue weighted by Crippen LogP contribution is -2.52. The highest BCUT2D eigenvalue weighted by molar-refractivity contribution is 7.89. The zero-order valence-corrected chi connectivity index (χ0v) is 18.1. The molecule has 1 heterocycles. The quantitative estimate of drug-likeness (QED) is 0.739. The SMILES string of the molecule is CC1CCC(NC(=O)[C@@H](NS(=O)(=O)c2ccc3c(c2)oc(=O)n3C)C(C)C)CC1. The molecular formula is C20H29N3O5S. The first kappa shape index (κ1) is 21.6. The summed E-state index contributed by atoms with van der Waals surface area (Å²) in [6.45, 7) is 5.80. The van der Waals surface area contributed by atoms with E-state index in [2.05, 4.69) is 17.0 Å². The summed E-state index contributed by atoms with van der Waals surface area (Å²) in [5.74, 6) is -0.444. The molecule has 2 aromatic rings. The van der Waals surface area contributed by atoms with Gasteiger partial charge in [0.05, 0.1) is 10.4 Å². The standard InChI is InChI=1S/C20H29N3O5S/c1-12(2)18(19(24)21-14-7-5-13(3)6-8-14)22-29(26,27)15-9-10-16-17(11-15)28-20(25)23(16)4/h9-14,18,22H,5-8H2,1-4H3,(H,21,24)/t13?,14?,18-/m0/s1. The molecule has 1 atom stereocenters. The van der Waals surface area contributed by atoms with Crippen LogP contribution >= 0.6 is 0 Å². The number of aryl methyl sites for hydroxylation is 1. The number of oxazole rings is 1. The minimum absolute atomic E-state index is 0.0516. The Morgan fingerprint density at radius 1 is 1.21 bits per heavy atom. The van der Waals surface area contributed by atoms with E-state index in [0.29, 0.717) is 11.4 Å². The Labute approximate surface area is 170 Å². The molecule has 3 rings (SSSR count). The number of rotatable bonds is 6. The van der Waals surface area contributed by atoms with Crippen LogP contribution in [0.15, 0.2) is 32.3 Å². The number of benzene rings is 1. The zero-order chi connectivity index (χ0) is 21.3. The molecule has 1 fully saturated rings. The lowest BCUT2D eigenvalue weighted by atomic mass is 9.87. The van der Waals surface area contributed by atoms with Crippen molar-refractivity contribution in [2.24, 2.45) is 18.9 Å². The summed E-state index contributed by atoms with van der Waals surface area (Å²) in [7, 11) is -2.43. The Morgan fingerprint density at radius 3 is 2.48 bits per heavy atom. The lowest BCUT2D eigenvalue weighted by Gasteiger charge is -2.29. The van der Waals surface area contributed by atoms with Crippen molar-refractivity contribution < 1.29 is 17.6 Å². The van der Waals surface area contributed by atoms with Crippen LogP contribution in [0.4, 0.5) is 0 Å². The van der Waals surface area contributed by atoms with E-state index in [1.165, 1.54) is 22.8 Å². The van der Waals surface area contributed by atoms with Gasteiger partial charge in [0.25, 0.3) is 0 Å². The van der Waals surface area contributed by atoms with Crippen LogP contribution in [0.5, 0.6) is 0 Å². The predicted octanol–water partition coefficient (Wildman–Crippen LogP) is 2.13. The maximum Gasteiger partial charge on any atom is 0.419 e. The summed E-state index contributed by atoms with van der Waals surface area (Å²) < 4.78 is 34.7. The maximum atomic E-state index is 12.9. The van der Waals surface area contributed by atoms with Crippen molar-refractivity contribution >= 4 is 27.0 Å². The largest absolute Gasteiger partial charge is 0.419 e. The van der Waals surface area contributed by atoms with Crippen LogP contribution in [0.3, 0.4) is 0 Å². The summed E-state index contributed by atoms with van der Waals surface area (Å²) in [4.78, 5) is 24.4. The number of carbonyl (C=O) groups excluding carboxylic acids is 1. The van der Waals surface area contributed by atoms with Gasteiger partial charge in [0.15, 0.2) is 5.58 Å². The molecule has 160 valence electrons. The lowest BCUT2D eigenvalue weighted by molar-refractivity contribution is -0.124. The molecule has 9 heteroatoms. The second kappa shape index (κ2) is 8.31. The Hall–Kier alpha value is -2.13. The van der Waals surface area contributed by atoms with Crippen molar-refractivity contribution in [1.29, 1.82) is 0 Å². The number of aromatic nitrogens is 1. The van der Waals surface area contributed by atoms with Crippen molar-refractivity contribution in [2.45, 2.75) is 63.4 Å². The second-order valence-electron chi connectivity index (χ2n) is 8.36. The minimum Gasteiger partial charge on any atom is -0.408 e. The molecule has 1 aliphatic rings. The third-order valence-corrected chi connectivity index (χ3v) is 7.11. The molecule has 0 unspecified atom stereocenters.